The zero-order chi connectivity index (χ0) is 13.1. The van der Waals surface area contributed by atoms with E-state index >= 15 is 0 Å². The molecular weight excluding hydrogens is 212 g/mol. The second-order valence-corrected chi connectivity index (χ2v) is 5.22. The first-order chi connectivity index (χ1) is 7.84. The van der Waals surface area contributed by atoms with Crippen LogP contribution in [-0.4, -0.2) is 13.1 Å². The lowest BCUT2D eigenvalue weighted by Crippen LogP contribution is -2.11. The van der Waals surface area contributed by atoms with Crippen molar-refractivity contribution >= 4 is 5.97 Å². The highest BCUT2D eigenvalue weighted by Crippen LogP contribution is 2.22. The molecule has 0 bridgehead atoms. The number of methoxy groups -OCH3 is 1. The summed E-state index contributed by atoms with van der Waals surface area (Å²) < 4.78 is 4.62. The summed E-state index contributed by atoms with van der Waals surface area (Å²) in [6.07, 6.45) is 0.539. The fraction of sp³-hybridized carbons (Fsp3) is 0.400. The number of ether oxygens (including phenoxy) is 1. The summed E-state index contributed by atoms with van der Waals surface area (Å²) in [6, 6.07) is 8.27. The van der Waals surface area contributed by atoms with Crippen LogP contribution in [0.15, 0.2) is 36.4 Å². The molecule has 0 fully saturated rings. The lowest BCUT2D eigenvalue weighted by molar-refractivity contribution is -0.136. The second kappa shape index (κ2) is 5.17. The van der Waals surface area contributed by atoms with E-state index < -0.39 is 0 Å². The quantitative estimate of drug-likeness (QED) is 0.590. The van der Waals surface area contributed by atoms with Gasteiger partial charge in [0.2, 0.25) is 0 Å². The van der Waals surface area contributed by atoms with Crippen molar-refractivity contribution in [2.45, 2.75) is 32.6 Å². The lowest BCUT2D eigenvalue weighted by atomic mass is 9.86. The van der Waals surface area contributed by atoms with E-state index in [1.165, 1.54) is 12.7 Å². The van der Waals surface area contributed by atoms with Crippen LogP contribution >= 0.6 is 0 Å². The van der Waals surface area contributed by atoms with Gasteiger partial charge in [-0.05, 0) is 16.5 Å². The van der Waals surface area contributed by atoms with E-state index in [-0.39, 0.29) is 11.4 Å². The van der Waals surface area contributed by atoms with Gasteiger partial charge in [0, 0.05) is 12.0 Å². The van der Waals surface area contributed by atoms with Crippen molar-refractivity contribution < 1.29 is 9.53 Å². The number of esters is 1. The van der Waals surface area contributed by atoms with Crippen LogP contribution in [0, 0.1) is 0 Å². The Bertz CT molecular complexity index is 408. The molecule has 0 aromatic heterocycles. The molecule has 0 amide bonds. The van der Waals surface area contributed by atoms with Gasteiger partial charge in [0.1, 0.15) is 0 Å². The summed E-state index contributed by atoms with van der Waals surface area (Å²) in [6.45, 7) is 10.2. The van der Waals surface area contributed by atoms with Crippen molar-refractivity contribution in [3.05, 3.63) is 47.5 Å². The first kappa shape index (κ1) is 13.5. The smallest absolute Gasteiger partial charge is 0.333 e. The molecule has 0 radical (unpaired) electrons. The van der Waals surface area contributed by atoms with Crippen LogP contribution in [0.5, 0.6) is 0 Å². The minimum Gasteiger partial charge on any atom is -0.466 e. The van der Waals surface area contributed by atoms with E-state index in [1.807, 2.05) is 12.1 Å². The summed E-state index contributed by atoms with van der Waals surface area (Å²) in [5, 5.41) is 0. The van der Waals surface area contributed by atoms with Gasteiger partial charge in [-0.2, -0.15) is 0 Å². The van der Waals surface area contributed by atoms with Crippen molar-refractivity contribution in [3.8, 4) is 0 Å². The molecule has 0 saturated heterocycles. The van der Waals surface area contributed by atoms with Crippen LogP contribution in [-0.2, 0) is 21.4 Å². The molecule has 0 aliphatic heterocycles. The average Bonchev–Trinajstić information content (AvgIpc) is 2.27. The zero-order valence-corrected chi connectivity index (χ0v) is 11.0. The van der Waals surface area contributed by atoms with Crippen LogP contribution < -0.4 is 0 Å². The second-order valence-electron chi connectivity index (χ2n) is 5.22. The minimum absolute atomic E-state index is 0.151. The van der Waals surface area contributed by atoms with Crippen LogP contribution in [0.2, 0.25) is 0 Å². The van der Waals surface area contributed by atoms with Crippen molar-refractivity contribution in [2.24, 2.45) is 0 Å². The molecule has 2 nitrogen and oxygen atoms in total. The third-order valence-electron chi connectivity index (χ3n) is 2.71. The summed E-state index contributed by atoms with van der Waals surface area (Å²) >= 11 is 0. The first-order valence-electron chi connectivity index (χ1n) is 5.70. The van der Waals surface area contributed by atoms with Crippen molar-refractivity contribution in [1.82, 2.24) is 0 Å². The molecule has 1 aromatic carbocycles. The Hall–Kier alpha value is -1.57. The molecule has 0 aliphatic carbocycles. The monoisotopic (exact) mass is 232 g/mol. The van der Waals surface area contributed by atoms with Crippen LogP contribution in [0.1, 0.15) is 31.9 Å². The topological polar surface area (TPSA) is 26.3 Å². The molecule has 0 saturated carbocycles. The van der Waals surface area contributed by atoms with Gasteiger partial charge in [-0.25, -0.2) is 4.79 Å². The Balaban J connectivity index is 2.76. The van der Waals surface area contributed by atoms with E-state index in [1.54, 1.807) is 0 Å². The minimum atomic E-state index is -0.343. The normalized spacial score (nSPS) is 11.1. The van der Waals surface area contributed by atoms with Crippen molar-refractivity contribution in [3.63, 3.8) is 0 Å². The van der Waals surface area contributed by atoms with Crippen molar-refractivity contribution in [2.75, 3.05) is 7.11 Å². The highest BCUT2D eigenvalue weighted by Gasteiger charge is 2.13. The third kappa shape index (κ3) is 3.74. The summed E-state index contributed by atoms with van der Waals surface area (Å²) in [5.41, 5.74) is 2.99. The molecule has 17 heavy (non-hydrogen) atoms. The number of benzene rings is 1. The van der Waals surface area contributed by atoms with Crippen LogP contribution in [0.3, 0.4) is 0 Å². The Morgan fingerprint density at radius 2 is 1.76 bits per heavy atom. The predicted molar refractivity (Wildman–Crippen MR) is 70.0 cm³/mol. The third-order valence-corrected chi connectivity index (χ3v) is 2.71. The van der Waals surface area contributed by atoms with E-state index in [2.05, 4.69) is 44.2 Å². The molecule has 0 N–H and O–H groups in total. The Labute approximate surface area is 103 Å². The van der Waals surface area contributed by atoms with E-state index in [0.29, 0.717) is 12.0 Å². The summed E-state index contributed by atoms with van der Waals surface area (Å²) in [7, 11) is 1.37. The number of carbonyl (C=O) groups is 1. The maximum atomic E-state index is 11.2. The molecule has 0 unspecified atom stereocenters. The highest BCUT2D eigenvalue weighted by molar-refractivity contribution is 5.88. The zero-order valence-electron chi connectivity index (χ0n) is 11.0. The largest absolute Gasteiger partial charge is 0.466 e. The highest BCUT2D eigenvalue weighted by atomic mass is 16.5. The Kier molecular flexibility index (Phi) is 4.11. The molecular formula is C15H20O2. The molecule has 0 aliphatic rings. The molecule has 0 spiro atoms. The van der Waals surface area contributed by atoms with E-state index in [4.69, 9.17) is 0 Å². The maximum Gasteiger partial charge on any atom is 0.333 e. The van der Waals surface area contributed by atoms with Crippen LogP contribution in [0.25, 0.3) is 0 Å². The maximum absolute atomic E-state index is 11.2. The Morgan fingerprint density at radius 3 is 2.18 bits per heavy atom. The van der Waals surface area contributed by atoms with Gasteiger partial charge in [0.25, 0.3) is 0 Å². The van der Waals surface area contributed by atoms with Gasteiger partial charge in [-0.3, -0.25) is 0 Å². The summed E-state index contributed by atoms with van der Waals surface area (Å²) in [5.74, 6) is -0.343. The van der Waals surface area contributed by atoms with Gasteiger partial charge < -0.3 is 4.74 Å². The van der Waals surface area contributed by atoms with E-state index in [0.717, 1.165) is 5.56 Å². The van der Waals surface area contributed by atoms with Gasteiger partial charge in [0.15, 0.2) is 0 Å². The number of hydrogen-bond donors (Lipinski definition) is 0. The van der Waals surface area contributed by atoms with E-state index in [9.17, 15) is 4.79 Å². The molecule has 92 valence electrons. The van der Waals surface area contributed by atoms with Gasteiger partial charge >= 0.3 is 5.97 Å². The summed E-state index contributed by atoms with van der Waals surface area (Å²) in [4.78, 5) is 11.2. The average molecular weight is 232 g/mol. The molecule has 0 heterocycles. The fourth-order valence-corrected chi connectivity index (χ4v) is 1.59. The molecule has 1 rings (SSSR count). The number of hydrogen-bond acceptors (Lipinski definition) is 2. The number of carbonyl (C=O) groups excluding carboxylic acids is 1. The molecule has 2 heteroatoms. The lowest BCUT2D eigenvalue weighted by Gasteiger charge is -2.19. The Morgan fingerprint density at radius 1 is 1.24 bits per heavy atom. The standard InChI is InChI=1S/C15H20O2/c1-11(14(16)17-5)10-12-6-8-13(9-7-12)15(2,3)4/h6-9H,1,10H2,2-5H3. The SMILES string of the molecule is C=C(Cc1ccc(C(C)(C)C)cc1)C(=O)OC. The van der Waals surface area contributed by atoms with Gasteiger partial charge in [-0.15, -0.1) is 0 Å². The van der Waals surface area contributed by atoms with Crippen LogP contribution in [0.4, 0.5) is 0 Å². The predicted octanol–water partition coefficient (Wildman–Crippen LogP) is 3.26. The van der Waals surface area contributed by atoms with Crippen molar-refractivity contribution in [1.29, 1.82) is 0 Å². The fourth-order valence-electron chi connectivity index (χ4n) is 1.59. The van der Waals surface area contributed by atoms with Gasteiger partial charge in [-0.1, -0.05) is 51.6 Å². The number of rotatable bonds is 3. The molecule has 0 atom stereocenters. The first-order valence-corrected chi connectivity index (χ1v) is 5.70. The molecule has 1 aromatic rings. The van der Waals surface area contributed by atoms with Gasteiger partial charge in [0.05, 0.1) is 7.11 Å².